The number of amides is 1. The Bertz CT molecular complexity index is 480. The van der Waals surface area contributed by atoms with Crippen molar-refractivity contribution < 1.29 is 9.90 Å². The predicted molar refractivity (Wildman–Crippen MR) is 71.1 cm³/mol. The molecule has 0 spiro atoms. The SMILES string of the molecule is O=C(c1cc[nH]c(=O)c1)N(CCO)CC1CCCN1. The summed E-state index contributed by atoms with van der Waals surface area (Å²) >= 11 is 0. The molecule has 1 saturated heterocycles. The van der Waals surface area contributed by atoms with E-state index in [1.54, 1.807) is 11.0 Å². The van der Waals surface area contributed by atoms with Crippen LogP contribution < -0.4 is 10.9 Å². The van der Waals surface area contributed by atoms with Crippen molar-refractivity contribution in [3.05, 3.63) is 34.2 Å². The van der Waals surface area contributed by atoms with Crippen LogP contribution in [-0.2, 0) is 0 Å². The standard InChI is InChI=1S/C13H19N3O3/c17-7-6-16(9-11-2-1-4-14-11)13(19)10-3-5-15-12(18)8-10/h3,5,8,11,14,17H,1-2,4,6-7,9H2,(H,15,18). The number of hydrogen-bond acceptors (Lipinski definition) is 4. The van der Waals surface area contributed by atoms with Gasteiger partial charge in [0.2, 0.25) is 5.56 Å². The highest BCUT2D eigenvalue weighted by Gasteiger charge is 2.22. The zero-order valence-corrected chi connectivity index (χ0v) is 10.8. The number of aromatic amines is 1. The third-order valence-corrected chi connectivity index (χ3v) is 3.28. The minimum Gasteiger partial charge on any atom is -0.395 e. The molecular weight excluding hydrogens is 246 g/mol. The molecule has 1 amide bonds. The van der Waals surface area contributed by atoms with E-state index in [0.717, 1.165) is 19.4 Å². The summed E-state index contributed by atoms with van der Waals surface area (Å²) in [6.07, 6.45) is 3.60. The van der Waals surface area contributed by atoms with Gasteiger partial charge in [-0.25, -0.2) is 0 Å². The van der Waals surface area contributed by atoms with E-state index in [-0.39, 0.29) is 30.7 Å². The van der Waals surface area contributed by atoms with Gasteiger partial charge in [-0.15, -0.1) is 0 Å². The van der Waals surface area contributed by atoms with Crippen LogP contribution >= 0.6 is 0 Å². The highest BCUT2D eigenvalue weighted by molar-refractivity contribution is 5.94. The van der Waals surface area contributed by atoms with Crippen LogP contribution in [-0.4, -0.2) is 53.2 Å². The summed E-state index contributed by atoms with van der Waals surface area (Å²) in [5, 5.41) is 12.4. The number of hydrogen-bond donors (Lipinski definition) is 3. The third-order valence-electron chi connectivity index (χ3n) is 3.28. The minimum absolute atomic E-state index is 0.0817. The Morgan fingerprint density at radius 3 is 3.00 bits per heavy atom. The lowest BCUT2D eigenvalue weighted by Gasteiger charge is -2.25. The van der Waals surface area contributed by atoms with Crippen molar-refractivity contribution >= 4 is 5.91 Å². The van der Waals surface area contributed by atoms with Gasteiger partial charge in [-0.05, 0) is 25.5 Å². The second-order valence-electron chi connectivity index (χ2n) is 4.71. The first-order chi connectivity index (χ1) is 9.20. The summed E-state index contributed by atoms with van der Waals surface area (Å²) in [6, 6.07) is 3.14. The molecule has 6 nitrogen and oxygen atoms in total. The minimum atomic E-state index is -0.297. The van der Waals surface area contributed by atoms with E-state index in [9.17, 15) is 9.59 Å². The monoisotopic (exact) mass is 265 g/mol. The lowest BCUT2D eigenvalue weighted by molar-refractivity contribution is 0.0706. The summed E-state index contributed by atoms with van der Waals surface area (Å²) in [5.74, 6) is -0.214. The van der Waals surface area contributed by atoms with Crippen molar-refractivity contribution in [2.75, 3.05) is 26.2 Å². The number of carbonyl (C=O) groups excluding carboxylic acids is 1. The largest absolute Gasteiger partial charge is 0.395 e. The highest BCUT2D eigenvalue weighted by Crippen LogP contribution is 2.09. The summed E-state index contributed by atoms with van der Waals surface area (Å²) in [7, 11) is 0. The van der Waals surface area contributed by atoms with Gasteiger partial charge in [0.05, 0.1) is 6.61 Å². The second kappa shape index (κ2) is 6.49. The maximum absolute atomic E-state index is 12.3. The van der Waals surface area contributed by atoms with Crippen molar-refractivity contribution in [1.29, 1.82) is 0 Å². The Morgan fingerprint density at radius 2 is 2.37 bits per heavy atom. The van der Waals surface area contributed by atoms with Crippen molar-refractivity contribution in [1.82, 2.24) is 15.2 Å². The zero-order valence-electron chi connectivity index (χ0n) is 10.8. The van der Waals surface area contributed by atoms with E-state index >= 15 is 0 Å². The molecule has 104 valence electrons. The first kappa shape index (κ1) is 13.8. The van der Waals surface area contributed by atoms with Crippen LogP contribution in [0.25, 0.3) is 0 Å². The van der Waals surface area contributed by atoms with Gasteiger partial charge in [0.1, 0.15) is 0 Å². The molecule has 2 rings (SSSR count). The van der Waals surface area contributed by atoms with Crippen molar-refractivity contribution in [3.63, 3.8) is 0 Å². The van der Waals surface area contributed by atoms with Crippen LogP contribution in [0, 0.1) is 0 Å². The molecule has 1 aromatic rings. The quantitative estimate of drug-likeness (QED) is 0.674. The number of H-pyrrole nitrogens is 1. The molecular formula is C13H19N3O3. The number of aliphatic hydroxyl groups is 1. The molecule has 0 aromatic carbocycles. The number of aromatic nitrogens is 1. The first-order valence-corrected chi connectivity index (χ1v) is 6.53. The lowest BCUT2D eigenvalue weighted by atomic mass is 10.2. The lowest BCUT2D eigenvalue weighted by Crippen LogP contribution is -2.42. The third kappa shape index (κ3) is 3.65. The average molecular weight is 265 g/mol. The summed E-state index contributed by atoms with van der Waals surface area (Å²) in [5.41, 5.74) is 0.0592. The van der Waals surface area contributed by atoms with Gasteiger partial charge in [-0.2, -0.15) is 0 Å². The zero-order chi connectivity index (χ0) is 13.7. The Balaban J connectivity index is 2.08. The molecule has 3 N–H and O–H groups in total. The summed E-state index contributed by atoms with van der Waals surface area (Å²) in [4.78, 5) is 27.6. The number of nitrogens with zero attached hydrogens (tertiary/aromatic N) is 1. The molecule has 1 unspecified atom stereocenters. The van der Waals surface area contributed by atoms with Crippen molar-refractivity contribution in [2.24, 2.45) is 0 Å². The predicted octanol–water partition coefficient (Wildman–Crippen LogP) is -0.439. The molecule has 0 saturated carbocycles. The maximum Gasteiger partial charge on any atom is 0.254 e. The van der Waals surface area contributed by atoms with Crippen LogP contribution in [0.3, 0.4) is 0 Å². The Labute approximate surface area is 111 Å². The molecule has 1 aromatic heterocycles. The van der Waals surface area contributed by atoms with Crippen LogP contribution in [0.2, 0.25) is 0 Å². The summed E-state index contributed by atoms with van der Waals surface area (Å²) in [6.45, 7) is 1.73. The van der Waals surface area contributed by atoms with Crippen LogP contribution in [0.5, 0.6) is 0 Å². The average Bonchev–Trinajstić information content (AvgIpc) is 2.90. The Kier molecular flexibility index (Phi) is 4.70. The van der Waals surface area contributed by atoms with Gasteiger partial charge in [-0.3, -0.25) is 9.59 Å². The van der Waals surface area contributed by atoms with Crippen LogP contribution in [0.15, 0.2) is 23.1 Å². The Hall–Kier alpha value is -1.66. The molecule has 1 fully saturated rings. The molecule has 1 atom stereocenters. The molecule has 19 heavy (non-hydrogen) atoms. The fourth-order valence-electron chi connectivity index (χ4n) is 2.34. The fourth-order valence-corrected chi connectivity index (χ4v) is 2.34. The fraction of sp³-hybridized carbons (Fsp3) is 0.538. The first-order valence-electron chi connectivity index (χ1n) is 6.53. The number of aliphatic hydroxyl groups excluding tert-OH is 1. The Morgan fingerprint density at radius 1 is 1.53 bits per heavy atom. The molecule has 2 heterocycles. The topological polar surface area (TPSA) is 85.4 Å². The molecule has 6 heteroatoms. The van der Waals surface area contributed by atoms with E-state index < -0.39 is 0 Å². The molecule has 1 aliphatic heterocycles. The van der Waals surface area contributed by atoms with E-state index in [1.807, 2.05) is 0 Å². The van der Waals surface area contributed by atoms with Gasteiger partial charge >= 0.3 is 0 Å². The number of rotatable bonds is 5. The highest BCUT2D eigenvalue weighted by atomic mass is 16.3. The van der Waals surface area contributed by atoms with E-state index in [2.05, 4.69) is 10.3 Å². The number of nitrogens with one attached hydrogen (secondary N) is 2. The van der Waals surface area contributed by atoms with Gasteiger partial charge in [0.15, 0.2) is 0 Å². The van der Waals surface area contributed by atoms with Gasteiger partial charge in [0, 0.05) is 37.0 Å². The molecule has 0 aliphatic carbocycles. The van der Waals surface area contributed by atoms with Gasteiger partial charge in [0.25, 0.3) is 5.91 Å². The molecule has 0 radical (unpaired) electrons. The molecule has 0 bridgehead atoms. The summed E-state index contributed by atoms with van der Waals surface area (Å²) < 4.78 is 0. The number of pyridine rings is 1. The maximum atomic E-state index is 12.3. The smallest absolute Gasteiger partial charge is 0.254 e. The second-order valence-corrected chi connectivity index (χ2v) is 4.71. The van der Waals surface area contributed by atoms with E-state index in [1.165, 1.54) is 12.3 Å². The van der Waals surface area contributed by atoms with Crippen molar-refractivity contribution in [3.8, 4) is 0 Å². The van der Waals surface area contributed by atoms with E-state index in [0.29, 0.717) is 12.1 Å². The van der Waals surface area contributed by atoms with Gasteiger partial charge in [-0.1, -0.05) is 0 Å². The van der Waals surface area contributed by atoms with Crippen molar-refractivity contribution in [2.45, 2.75) is 18.9 Å². The van der Waals surface area contributed by atoms with Crippen LogP contribution in [0.1, 0.15) is 23.2 Å². The van der Waals surface area contributed by atoms with Gasteiger partial charge < -0.3 is 20.3 Å². The normalized spacial score (nSPS) is 18.5. The van der Waals surface area contributed by atoms with E-state index in [4.69, 9.17) is 5.11 Å². The molecule has 1 aliphatic rings. The van der Waals surface area contributed by atoms with Crippen LogP contribution in [0.4, 0.5) is 0 Å². The number of carbonyl (C=O) groups is 1.